The van der Waals surface area contributed by atoms with Crippen LogP contribution in [0, 0.1) is 0 Å². The lowest BCUT2D eigenvalue weighted by Crippen LogP contribution is -2.27. The molecule has 98 valence electrons. The maximum atomic E-state index is 12.2. The van der Waals surface area contributed by atoms with Gasteiger partial charge in [0.1, 0.15) is 0 Å². The summed E-state index contributed by atoms with van der Waals surface area (Å²) in [5.74, 6) is -0.163. The minimum absolute atomic E-state index is 0.0937. The van der Waals surface area contributed by atoms with E-state index in [1.165, 1.54) is 0 Å². The third-order valence-corrected chi connectivity index (χ3v) is 3.48. The van der Waals surface area contributed by atoms with Crippen molar-refractivity contribution in [3.8, 4) is 0 Å². The molecule has 19 heavy (non-hydrogen) atoms. The number of nitrogens with one attached hydrogen (secondary N) is 1. The summed E-state index contributed by atoms with van der Waals surface area (Å²) in [6, 6.07) is 8.81. The van der Waals surface area contributed by atoms with E-state index in [2.05, 4.69) is 26.2 Å². The van der Waals surface area contributed by atoms with Crippen molar-refractivity contribution in [2.75, 3.05) is 5.73 Å². The first-order valence-electron chi connectivity index (χ1n) is 5.83. The Kier molecular flexibility index (Phi) is 4.16. The zero-order valence-electron chi connectivity index (χ0n) is 10.4. The fraction of sp³-hybridized carbons (Fsp3) is 0.143. The number of anilines is 1. The number of carbonyl (C=O) groups excluding carboxylic acids is 1. The van der Waals surface area contributed by atoms with Crippen LogP contribution in [0.25, 0.3) is 0 Å². The summed E-state index contributed by atoms with van der Waals surface area (Å²) in [5.41, 5.74) is 7.79. The summed E-state index contributed by atoms with van der Waals surface area (Å²) in [5, 5.41) is 2.93. The molecular weight excluding hydrogens is 306 g/mol. The van der Waals surface area contributed by atoms with Gasteiger partial charge in [-0.2, -0.15) is 0 Å². The molecule has 0 bridgehead atoms. The summed E-state index contributed by atoms with van der Waals surface area (Å²) in [6.07, 6.45) is 3.41. The van der Waals surface area contributed by atoms with Gasteiger partial charge < -0.3 is 11.1 Å². The summed E-state index contributed by atoms with van der Waals surface area (Å²) < 4.78 is 0.723. The standard InChI is InChI=1S/C14H14BrN3O/c1-9(10-4-6-17-7-5-10)18-14(19)12-8-11(16)2-3-13(12)15/h2-9H,16H2,1H3,(H,18,19)/t9-/m0/s1. The Bertz CT molecular complexity index is 586. The van der Waals surface area contributed by atoms with Crippen LogP contribution >= 0.6 is 15.9 Å². The Labute approximate surface area is 120 Å². The largest absolute Gasteiger partial charge is 0.399 e. The monoisotopic (exact) mass is 319 g/mol. The number of carbonyl (C=O) groups is 1. The lowest BCUT2D eigenvalue weighted by molar-refractivity contribution is 0.0939. The Morgan fingerprint density at radius 2 is 2.00 bits per heavy atom. The van der Waals surface area contributed by atoms with E-state index >= 15 is 0 Å². The van der Waals surface area contributed by atoms with Gasteiger partial charge in [-0.05, 0) is 58.7 Å². The van der Waals surface area contributed by atoms with Crippen LogP contribution in [-0.2, 0) is 0 Å². The summed E-state index contributed by atoms with van der Waals surface area (Å²) in [6.45, 7) is 1.92. The van der Waals surface area contributed by atoms with E-state index in [9.17, 15) is 4.79 Å². The van der Waals surface area contributed by atoms with Crippen LogP contribution in [-0.4, -0.2) is 10.9 Å². The fourth-order valence-corrected chi connectivity index (χ4v) is 2.15. The highest BCUT2D eigenvalue weighted by Gasteiger charge is 2.14. The zero-order valence-corrected chi connectivity index (χ0v) is 12.0. The van der Waals surface area contributed by atoms with Crippen LogP contribution in [0.2, 0.25) is 0 Å². The molecule has 5 heteroatoms. The van der Waals surface area contributed by atoms with Crippen molar-refractivity contribution in [1.82, 2.24) is 10.3 Å². The van der Waals surface area contributed by atoms with E-state index in [-0.39, 0.29) is 11.9 Å². The van der Waals surface area contributed by atoms with E-state index in [1.807, 2.05) is 19.1 Å². The molecule has 0 saturated heterocycles. The second-order valence-corrected chi connectivity index (χ2v) is 5.07. The molecule has 4 nitrogen and oxygen atoms in total. The van der Waals surface area contributed by atoms with Gasteiger partial charge in [0.25, 0.3) is 5.91 Å². The first-order valence-corrected chi connectivity index (χ1v) is 6.63. The van der Waals surface area contributed by atoms with Crippen LogP contribution in [0.15, 0.2) is 47.2 Å². The predicted molar refractivity (Wildman–Crippen MR) is 78.7 cm³/mol. The summed E-state index contributed by atoms with van der Waals surface area (Å²) in [4.78, 5) is 16.1. The first-order chi connectivity index (χ1) is 9.08. The Morgan fingerprint density at radius 3 is 2.68 bits per heavy atom. The van der Waals surface area contributed by atoms with Crippen molar-refractivity contribution in [3.63, 3.8) is 0 Å². The molecule has 3 N–H and O–H groups in total. The lowest BCUT2D eigenvalue weighted by atomic mass is 10.1. The molecular formula is C14H14BrN3O. The Morgan fingerprint density at radius 1 is 1.32 bits per heavy atom. The van der Waals surface area contributed by atoms with Crippen LogP contribution in [0.3, 0.4) is 0 Å². The lowest BCUT2D eigenvalue weighted by Gasteiger charge is -2.15. The molecule has 2 aromatic rings. The number of rotatable bonds is 3. The van der Waals surface area contributed by atoms with Gasteiger partial charge in [-0.25, -0.2) is 0 Å². The zero-order chi connectivity index (χ0) is 13.8. The number of hydrogen-bond donors (Lipinski definition) is 2. The molecule has 0 saturated carbocycles. The molecule has 0 spiro atoms. The number of nitrogens with two attached hydrogens (primary N) is 1. The average Bonchev–Trinajstić information content (AvgIpc) is 2.42. The van der Waals surface area contributed by atoms with Gasteiger partial charge in [0, 0.05) is 22.6 Å². The van der Waals surface area contributed by atoms with Gasteiger partial charge in [-0.1, -0.05) is 0 Å². The van der Waals surface area contributed by atoms with Gasteiger partial charge in [-0.3, -0.25) is 9.78 Å². The molecule has 0 fully saturated rings. The molecule has 1 amide bonds. The highest BCUT2D eigenvalue weighted by atomic mass is 79.9. The maximum Gasteiger partial charge on any atom is 0.252 e. The van der Waals surface area contributed by atoms with Gasteiger partial charge in [0.15, 0.2) is 0 Å². The highest BCUT2D eigenvalue weighted by molar-refractivity contribution is 9.10. The number of amides is 1. The maximum absolute atomic E-state index is 12.2. The van der Waals surface area contributed by atoms with E-state index < -0.39 is 0 Å². The number of halogens is 1. The second kappa shape index (κ2) is 5.84. The van der Waals surface area contributed by atoms with Crippen LogP contribution < -0.4 is 11.1 Å². The van der Waals surface area contributed by atoms with Crippen molar-refractivity contribution in [2.45, 2.75) is 13.0 Å². The van der Waals surface area contributed by atoms with Crippen LogP contribution in [0.1, 0.15) is 28.9 Å². The van der Waals surface area contributed by atoms with Crippen molar-refractivity contribution >= 4 is 27.5 Å². The molecule has 0 aliphatic rings. The molecule has 0 radical (unpaired) electrons. The third kappa shape index (κ3) is 3.32. The quantitative estimate of drug-likeness (QED) is 0.855. The molecule has 0 aliphatic heterocycles. The first kappa shape index (κ1) is 13.5. The normalized spacial score (nSPS) is 11.9. The minimum Gasteiger partial charge on any atom is -0.399 e. The highest BCUT2D eigenvalue weighted by Crippen LogP contribution is 2.20. The Balaban J connectivity index is 2.15. The van der Waals surface area contributed by atoms with E-state index in [1.54, 1.807) is 30.6 Å². The molecule has 1 heterocycles. The molecule has 2 rings (SSSR count). The van der Waals surface area contributed by atoms with Crippen molar-refractivity contribution in [2.24, 2.45) is 0 Å². The predicted octanol–water partition coefficient (Wildman–Crippen LogP) is 2.92. The number of pyridine rings is 1. The molecule has 1 atom stereocenters. The van der Waals surface area contributed by atoms with Crippen LogP contribution in [0.4, 0.5) is 5.69 Å². The van der Waals surface area contributed by atoms with E-state index in [0.29, 0.717) is 11.3 Å². The number of benzene rings is 1. The fourth-order valence-electron chi connectivity index (χ4n) is 1.73. The SMILES string of the molecule is C[C@H](NC(=O)c1cc(N)ccc1Br)c1ccncc1. The van der Waals surface area contributed by atoms with Crippen LogP contribution in [0.5, 0.6) is 0 Å². The average molecular weight is 320 g/mol. The number of hydrogen-bond acceptors (Lipinski definition) is 3. The summed E-state index contributed by atoms with van der Waals surface area (Å²) >= 11 is 3.35. The Hall–Kier alpha value is -1.88. The molecule has 0 unspecified atom stereocenters. The number of nitrogens with zero attached hydrogens (tertiary/aromatic N) is 1. The topological polar surface area (TPSA) is 68.0 Å². The second-order valence-electron chi connectivity index (χ2n) is 4.21. The third-order valence-electron chi connectivity index (χ3n) is 2.79. The van der Waals surface area contributed by atoms with Gasteiger partial charge in [0.05, 0.1) is 11.6 Å². The molecule has 0 aliphatic carbocycles. The molecule has 1 aromatic carbocycles. The smallest absolute Gasteiger partial charge is 0.252 e. The van der Waals surface area contributed by atoms with Gasteiger partial charge >= 0.3 is 0 Å². The summed E-state index contributed by atoms with van der Waals surface area (Å²) in [7, 11) is 0. The van der Waals surface area contributed by atoms with Gasteiger partial charge in [-0.15, -0.1) is 0 Å². The molecule has 1 aromatic heterocycles. The number of aromatic nitrogens is 1. The van der Waals surface area contributed by atoms with E-state index in [0.717, 1.165) is 10.0 Å². The number of nitrogen functional groups attached to an aromatic ring is 1. The van der Waals surface area contributed by atoms with Crippen molar-refractivity contribution in [1.29, 1.82) is 0 Å². The van der Waals surface area contributed by atoms with E-state index in [4.69, 9.17) is 5.73 Å². The van der Waals surface area contributed by atoms with Gasteiger partial charge in [0.2, 0.25) is 0 Å². The minimum atomic E-state index is -0.163. The van der Waals surface area contributed by atoms with Crippen molar-refractivity contribution in [3.05, 3.63) is 58.3 Å². The van der Waals surface area contributed by atoms with Crippen molar-refractivity contribution < 1.29 is 4.79 Å².